The molecule has 92 valence electrons. The monoisotopic (exact) mass is 227 g/mol. The molecule has 0 aliphatic carbocycles. The molecule has 5 nitrogen and oxygen atoms in total. The van der Waals surface area contributed by atoms with Crippen LogP contribution >= 0.6 is 0 Å². The minimum atomic E-state index is -0.194. The fraction of sp³-hybridized carbons (Fsp3) is 0.818. The topological polar surface area (TPSA) is 74.2 Å². The maximum absolute atomic E-state index is 6.01. The van der Waals surface area contributed by atoms with Crippen molar-refractivity contribution < 1.29 is 9.26 Å². The van der Waals surface area contributed by atoms with E-state index in [1.54, 1.807) is 7.11 Å². The third-order valence-electron chi connectivity index (χ3n) is 2.94. The van der Waals surface area contributed by atoms with E-state index in [9.17, 15) is 0 Å². The first-order valence-electron chi connectivity index (χ1n) is 5.75. The standard InChI is InChI=1S/C11H21N3O2/c1-5-7(3)9(12)11-13-10(14-16-11)8(6-2)15-4/h7-9H,5-6,12H2,1-4H3/t7-,8?,9-/m0/s1. The van der Waals surface area contributed by atoms with Gasteiger partial charge in [0.1, 0.15) is 6.10 Å². The Bertz CT molecular complexity index is 310. The molecule has 0 radical (unpaired) electrons. The molecule has 0 saturated heterocycles. The Morgan fingerprint density at radius 1 is 1.38 bits per heavy atom. The second-order valence-corrected chi connectivity index (χ2v) is 4.03. The molecule has 1 unspecified atom stereocenters. The van der Waals surface area contributed by atoms with E-state index in [4.69, 9.17) is 15.0 Å². The normalized spacial score (nSPS) is 17.1. The van der Waals surface area contributed by atoms with Crippen LogP contribution in [0.25, 0.3) is 0 Å². The third-order valence-corrected chi connectivity index (χ3v) is 2.94. The minimum Gasteiger partial charge on any atom is -0.373 e. The summed E-state index contributed by atoms with van der Waals surface area (Å²) in [5.41, 5.74) is 6.01. The first kappa shape index (κ1) is 13.1. The summed E-state index contributed by atoms with van der Waals surface area (Å²) in [7, 11) is 1.64. The molecule has 0 bridgehead atoms. The second-order valence-electron chi connectivity index (χ2n) is 4.03. The quantitative estimate of drug-likeness (QED) is 0.806. The zero-order valence-corrected chi connectivity index (χ0v) is 10.4. The molecule has 0 aliphatic heterocycles. The van der Waals surface area contributed by atoms with Crippen LogP contribution in [0.2, 0.25) is 0 Å². The molecule has 0 spiro atoms. The van der Waals surface area contributed by atoms with Gasteiger partial charge in [0.25, 0.3) is 0 Å². The fourth-order valence-corrected chi connectivity index (χ4v) is 1.47. The van der Waals surface area contributed by atoms with Crippen LogP contribution in [-0.4, -0.2) is 17.3 Å². The highest BCUT2D eigenvalue weighted by atomic mass is 16.5. The van der Waals surface area contributed by atoms with Crippen LogP contribution in [0.5, 0.6) is 0 Å². The van der Waals surface area contributed by atoms with Crippen molar-refractivity contribution in [2.75, 3.05) is 7.11 Å². The molecule has 1 aromatic rings. The largest absolute Gasteiger partial charge is 0.373 e. The van der Waals surface area contributed by atoms with Gasteiger partial charge < -0.3 is 15.0 Å². The van der Waals surface area contributed by atoms with Crippen molar-refractivity contribution in [2.45, 2.75) is 45.8 Å². The molecule has 1 heterocycles. The lowest BCUT2D eigenvalue weighted by molar-refractivity contribution is 0.0903. The lowest BCUT2D eigenvalue weighted by Crippen LogP contribution is -2.19. The predicted molar refractivity (Wildman–Crippen MR) is 60.7 cm³/mol. The van der Waals surface area contributed by atoms with E-state index in [-0.39, 0.29) is 12.1 Å². The number of rotatable bonds is 6. The van der Waals surface area contributed by atoms with Crippen molar-refractivity contribution >= 4 is 0 Å². The van der Waals surface area contributed by atoms with Gasteiger partial charge in [0.15, 0.2) is 0 Å². The number of hydrogen-bond acceptors (Lipinski definition) is 5. The van der Waals surface area contributed by atoms with Crippen LogP contribution in [-0.2, 0) is 4.74 Å². The van der Waals surface area contributed by atoms with E-state index >= 15 is 0 Å². The molecule has 5 heteroatoms. The Kier molecular flexibility index (Phi) is 4.89. The Balaban J connectivity index is 2.77. The lowest BCUT2D eigenvalue weighted by Gasteiger charge is -2.13. The molecule has 0 saturated carbocycles. The lowest BCUT2D eigenvalue weighted by atomic mass is 10.0. The number of nitrogens with two attached hydrogens (primary N) is 1. The van der Waals surface area contributed by atoms with Crippen molar-refractivity contribution in [1.82, 2.24) is 10.1 Å². The van der Waals surface area contributed by atoms with E-state index in [1.807, 2.05) is 6.92 Å². The summed E-state index contributed by atoms with van der Waals surface area (Å²) in [5, 5.41) is 3.90. The molecular weight excluding hydrogens is 206 g/mol. The minimum absolute atomic E-state index is 0.110. The summed E-state index contributed by atoms with van der Waals surface area (Å²) in [6, 6.07) is -0.194. The van der Waals surface area contributed by atoms with Gasteiger partial charge in [-0.05, 0) is 12.3 Å². The highest BCUT2D eigenvalue weighted by Crippen LogP contribution is 2.23. The molecule has 3 atom stereocenters. The van der Waals surface area contributed by atoms with E-state index in [0.29, 0.717) is 17.6 Å². The fourth-order valence-electron chi connectivity index (χ4n) is 1.47. The first-order valence-corrected chi connectivity index (χ1v) is 5.75. The van der Waals surface area contributed by atoms with Gasteiger partial charge in [0, 0.05) is 7.11 Å². The summed E-state index contributed by atoms with van der Waals surface area (Å²) >= 11 is 0. The van der Waals surface area contributed by atoms with Crippen LogP contribution in [0.1, 0.15) is 57.5 Å². The Hall–Kier alpha value is -0.940. The number of ether oxygens (including phenoxy) is 1. The van der Waals surface area contributed by atoms with Gasteiger partial charge in [0.05, 0.1) is 6.04 Å². The molecule has 0 aliphatic rings. The summed E-state index contributed by atoms with van der Waals surface area (Å²) in [5.74, 6) is 1.41. The maximum atomic E-state index is 6.01. The number of nitrogens with zero attached hydrogens (tertiary/aromatic N) is 2. The predicted octanol–water partition coefficient (Wildman–Crippen LogP) is 2.21. The second kappa shape index (κ2) is 5.96. The van der Waals surface area contributed by atoms with Crippen LogP contribution in [0.15, 0.2) is 4.52 Å². The van der Waals surface area contributed by atoms with Crippen molar-refractivity contribution in [3.63, 3.8) is 0 Å². The number of aromatic nitrogens is 2. The van der Waals surface area contributed by atoms with Gasteiger partial charge >= 0.3 is 0 Å². The molecule has 0 fully saturated rings. The van der Waals surface area contributed by atoms with Crippen molar-refractivity contribution in [3.8, 4) is 0 Å². The highest BCUT2D eigenvalue weighted by Gasteiger charge is 2.22. The zero-order chi connectivity index (χ0) is 12.1. The smallest absolute Gasteiger partial charge is 0.243 e. The number of hydrogen-bond donors (Lipinski definition) is 1. The molecule has 1 aromatic heterocycles. The SMILES string of the molecule is CCC(OC)c1noc([C@@H](N)[C@@H](C)CC)n1. The molecular formula is C11H21N3O2. The third kappa shape index (κ3) is 2.80. The number of methoxy groups -OCH3 is 1. The zero-order valence-electron chi connectivity index (χ0n) is 10.4. The van der Waals surface area contributed by atoms with Crippen LogP contribution in [0.4, 0.5) is 0 Å². The average Bonchev–Trinajstić information content (AvgIpc) is 2.78. The summed E-state index contributed by atoms with van der Waals surface area (Å²) in [6.07, 6.45) is 1.69. The van der Waals surface area contributed by atoms with Gasteiger partial charge in [-0.15, -0.1) is 0 Å². The molecule has 16 heavy (non-hydrogen) atoms. The Morgan fingerprint density at radius 2 is 2.06 bits per heavy atom. The average molecular weight is 227 g/mol. The van der Waals surface area contributed by atoms with Crippen LogP contribution < -0.4 is 5.73 Å². The highest BCUT2D eigenvalue weighted by molar-refractivity contribution is 4.96. The van der Waals surface area contributed by atoms with Gasteiger partial charge in [0.2, 0.25) is 11.7 Å². The molecule has 0 aromatic carbocycles. The van der Waals surface area contributed by atoms with E-state index in [1.165, 1.54) is 0 Å². The van der Waals surface area contributed by atoms with Gasteiger partial charge in [-0.25, -0.2) is 0 Å². The van der Waals surface area contributed by atoms with Crippen molar-refractivity contribution in [3.05, 3.63) is 11.7 Å². The van der Waals surface area contributed by atoms with Crippen molar-refractivity contribution in [1.29, 1.82) is 0 Å². The van der Waals surface area contributed by atoms with E-state index < -0.39 is 0 Å². The molecule has 0 amide bonds. The van der Waals surface area contributed by atoms with E-state index in [0.717, 1.165) is 12.8 Å². The van der Waals surface area contributed by atoms with Gasteiger partial charge in [-0.2, -0.15) is 4.98 Å². The van der Waals surface area contributed by atoms with Crippen LogP contribution in [0, 0.1) is 5.92 Å². The van der Waals surface area contributed by atoms with Gasteiger partial charge in [-0.3, -0.25) is 0 Å². The summed E-state index contributed by atoms with van der Waals surface area (Å²) in [6.45, 7) is 6.17. The van der Waals surface area contributed by atoms with Crippen LogP contribution in [0.3, 0.4) is 0 Å². The summed E-state index contributed by atoms with van der Waals surface area (Å²) in [4.78, 5) is 4.29. The molecule has 1 rings (SSSR count). The van der Waals surface area contributed by atoms with E-state index in [2.05, 4.69) is 24.0 Å². The molecule has 2 N–H and O–H groups in total. The van der Waals surface area contributed by atoms with Gasteiger partial charge in [-0.1, -0.05) is 32.3 Å². The van der Waals surface area contributed by atoms with Crippen molar-refractivity contribution in [2.24, 2.45) is 11.7 Å². The Morgan fingerprint density at radius 3 is 2.56 bits per heavy atom. The Labute approximate surface area is 96.4 Å². The summed E-state index contributed by atoms with van der Waals surface area (Å²) < 4.78 is 10.4. The first-order chi connectivity index (χ1) is 7.63. The maximum Gasteiger partial charge on any atom is 0.243 e.